The van der Waals surface area contributed by atoms with Crippen molar-refractivity contribution in [1.82, 2.24) is 0 Å². The highest BCUT2D eigenvalue weighted by molar-refractivity contribution is 5.89. The molecule has 1 aromatic carbocycles. The van der Waals surface area contributed by atoms with Gasteiger partial charge in [-0.25, -0.2) is 9.18 Å². The highest BCUT2D eigenvalue weighted by Gasteiger charge is 2.14. The summed E-state index contributed by atoms with van der Waals surface area (Å²) in [6.07, 6.45) is 2.03. The van der Waals surface area contributed by atoms with Crippen molar-refractivity contribution in [1.29, 1.82) is 0 Å². The Hall–Kier alpha value is -1.82. The van der Waals surface area contributed by atoms with Gasteiger partial charge in [-0.2, -0.15) is 0 Å². The Balaban J connectivity index is 2.50. The number of halogens is 1. The van der Waals surface area contributed by atoms with E-state index in [0.717, 1.165) is 25.0 Å². The van der Waals surface area contributed by atoms with Gasteiger partial charge in [-0.05, 0) is 12.5 Å². The van der Waals surface area contributed by atoms with E-state index in [1.54, 1.807) is 0 Å². The van der Waals surface area contributed by atoms with Crippen molar-refractivity contribution in [2.45, 2.75) is 19.8 Å². The lowest BCUT2D eigenvalue weighted by molar-refractivity contribution is 0.0691. The zero-order chi connectivity index (χ0) is 14.3. The minimum Gasteiger partial charge on any atom is -0.489 e. The van der Waals surface area contributed by atoms with E-state index in [4.69, 9.17) is 20.3 Å². The molecule has 6 heteroatoms. The van der Waals surface area contributed by atoms with Crippen molar-refractivity contribution in [2.75, 3.05) is 25.6 Å². The summed E-state index contributed by atoms with van der Waals surface area (Å²) < 4.78 is 23.9. The molecule has 5 nitrogen and oxygen atoms in total. The smallest absolute Gasteiger partial charge is 0.338 e. The molecule has 1 rings (SSSR count). The molecule has 0 aliphatic carbocycles. The molecule has 3 N–H and O–H groups in total. The highest BCUT2D eigenvalue weighted by atomic mass is 19.1. The molecule has 0 fully saturated rings. The molecule has 0 aliphatic heterocycles. The summed E-state index contributed by atoms with van der Waals surface area (Å²) in [5, 5.41) is 8.72. The first-order valence-electron chi connectivity index (χ1n) is 6.09. The van der Waals surface area contributed by atoms with E-state index in [0.29, 0.717) is 13.2 Å². The molecule has 19 heavy (non-hydrogen) atoms. The van der Waals surface area contributed by atoms with E-state index >= 15 is 0 Å². The number of rotatable bonds is 8. The van der Waals surface area contributed by atoms with Gasteiger partial charge < -0.3 is 20.3 Å². The molecule has 0 radical (unpaired) electrons. The predicted octanol–water partition coefficient (Wildman–Crippen LogP) is 2.30. The molecule has 106 valence electrons. The lowest BCUT2D eigenvalue weighted by Gasteiger charge is -2.10. The maximum Gasteiger partial charge on any atom is 0.338 e. The number of unbranched alkanes of at least 4 members (excludes halogenated alkanes) is 1. The monoisotopic (exact) mass is 271 g/mol. The number of nitrogens with two attached hydrogens (primary N) is 1. The fourth-order valence-corrected chi connectivity index (χ4v) is 1.42. The molecule has 0 aromatic heterocycles. The van der Waals surface area contributed by atoms with Crippen LogP contribution in [0.25, 0.3) is 0 Å². The van der Waals surface area contributed by atoms with Crippen LogP contribution >= 0.6 is 0 Å². The van der Waals surface area contributed by atoms with Crippen LogP contribution in [0.15, 0.2) is 12.1 Å². The van der Waals surface area contributed by atoms with E-state index in [9.17, 15) is 9.18 Å². The number of benzene rings is 1. The van der Waals surface area contributed by atoms with Crippen LogP contribution in [0.5, 0.6) is 5.75 Å². The minimum absolute atomic E-state index is 0.0901. The Labute approximate surface area is 111 Å². The fraction of sp³-hybridized carbons (Fsp3) is 0.462. The summed E-state index contributed by atoms with van der Waals surface area (Å²) in [4.78, 5) is 10.7. The minimum atomic E-state index is -1.36. The van der Waals surface area contributed by atoms with Gasteiger partial charge in [0, 0.05) is 12.7 Å². The van der Waals surface area contributed by atoms with Crippen LogP contribution in [0.4, 0.5) is 10.1 Å². The van der Waals surface area contributed by atoms with Crippen LogP contribution in [-0.4, -0.2) is 30.9 Å². The quantitative estimate of drug-likeness (QED) is 0.560. The van der Waals surface area contributed by atoms with Crippen LogP contribution in [-0.2, 0) is 4.74 Å². The summed E-state index contributed by atoms with van der Waals surface area (Å²) in [6, 6.07) is 2.02. The van der Waals surface area contributed by atoms with Gasteiger partial charge in [0.2, 0.25) is 0 Å². The van der Waals surface area contributed by atoms with E-state index < -0.39 is 17.3 Å². The van der Waals surface area contributed by atoms with Gasteiger partial charge >= 0.3 is 5.97 Å². The van der Waals surface area contributed by atoms with Crippen LogP contribution in [0.2, 0.25) is 0 Å². The van der Waals surface area contributed by atoms with Gasteiger partial charge in [0.25, 0.3) is 0 Å². The number of hydrogen-bond acceptors (Lipinski definition) is 4. The lowest BCUT2D eigenvalue weighted by atomic mass is 10.2. The average Bonchev–Trinajstić information content (AvgIpc) is 2.36. The van der Waals surface area contributed by atoms with Crippen molar-refractivity contribution in [3.05, 3.63) is 23.5 Å². The Kier molecular flexibility index (Phi) is 6.08. The van der Waals surface area contributed by atoms with Crippen LogP contribution < -0.4 is 10.5 Å². The number of anilines is 1. The number of carboxylic acid groups (broad SMARTS) is 1. The number of hydrogen-bond donors (Lipinski definition) is 2. The molecule has 0 spiro atoms. The van der Waals surface area contributed by atoms with E-state index in [1.807, 2.05) is 0 Å². The second-order valence-corrected chi connectivity index (χ2v) is 3.99. The van der Waals surface area contributed by atoms with E-state index in [1.165, 1.54) is 0 Å². The maximum atomic E-state index is 13.4. The molecule has 0 aliphatic rings. The molecule has 0 saturated carbocycles. The van der Waals surface area contributed by atoms with Crippen molar-refractivity contribution in [3.63, 3.8) is 0 Å². The SMILES string of the molecule is CCCCOCCOc1cc(F)c(C(=O)O)cc1N. The molecule has 0 unspecified atom stereocenters. The molecular formula is C13H18FNO4. The highest BCUT2D eigenvalue weighted by Crippen LogP contribution is 2.25. The van der Waals surface area contributed by atoms with E-state index in [-0.39, 0.29) is 18.0 Å². The van der Waals surface area contributed by atoms with Gasteiger partial charge in [0.05, 0.1) is 17.9 Å². The van der Waals surface area contributed by atoms with Crippen molar-refractivity contribution in [2.24, 2.45) is 0 Å². The Morgan fingerprint density at radius 1 is 1.37 bits per heavy atom. The molecule has 0 atom stereocenters. The molecule has 0 bridgehead atoms. The number of carbonyl (C=O) groups is 1. The molecule has 0 saturated heterocycles. The lowest BCUT2D eigenvalue weighted by Crippen LogP contribution is -2.10. The van der Waals surface area contributed by atoms with Crippen LogP contribution in [0.1, 0.15) is 30.1 Å². The Morgan fingerprint density at radius 2 is 2.11 bits per heavy atom. The Bertz CT molecular complexity index is 437. The standard InChI is InChI=1S/C13H18FNO4/c1-2-3-4-18-5-6-19-12-8-10(14)9(13(16)17)7-11(12)15/h7-8H,2-6,15H2,1H3,(H,16,17). The second-order valence-electron chi connectivity index (χ2n) is 3.99. The average molecular weight is 271 g/mol. The first-order chi connectivity index (χ1) is 9.06. The van der Waals surface area contributed by atoms with Gasteiger partial charge in [-0.1, -0.05) is 13.3 Å². The van der Waals surface area contributed by atoms with Crippen LogP contribution in [0.3, 0.4) is 0 Å². The first-order valence-corrected chi connectivity index (χ1v) is 6.09. The van der Waals surface area contributed by atoms with Gasteiger partial charge in [0.1, 0.15) is 18.2 Å². The first kappa shape index (κ1) is 15.2. The summed E-state index contributed by atoms with van der Waals surface area (Å²) in [5.41, 5.74) is 5.22. The molecular weight excluding hydrogens is 253 g/mol. The summed E-state index contributed by atoms with van der Waals surface area (Å²) in [6.45, 7) is 3.33. The Morgan fingerprint density at radius 3 is 2.74 bits per heavy atom. The zero-order valence-electron chi connectivity index (χ0n) is 10.8. The molecule has 1 aromatic rings. The summed E-state index contributed by atoms with van der Waals surface area (Å²) in [7, 11) is 0. The maximum absolute atomic E-state index is 13.4. The third-order valence-electron chi connectivity index (χ3n) is 2.46. The summed E-state index contributed by atoms with van der Waals surface area (Å²) in [5.74, 6) is -2.11. The van der Waals surface area contributed by atoms with Gasteiger partial charge in [-0.3, -0.25) is 0 Å². The number of carboxylic acids is 1. The second kappa shape index (κ2) is 7.58. The number of ether oxygens (including phenoxy) is 2. The van der Waals surface area contributed by atoms with Crippen molar-refractivity contribution >= 4 is 11.7 Å². The molecule has 0 amide bonds. The van der Waals surface area contributed by atoms with Gasteiger partial charge in [0.15, 0.2) is 0 Å². The van der Waals surface area contributed by atoms with Crippen LogP contribution in [0, 0.1) is 5.82 Å². The zero-order valence-corrected chi connectivity index (χ0v) is 10.8. The van der Waals surface area contributed by atoms with Gasteiger partial charge in [-0.15, -0.1) is 0 Å². The summed E-state index contributed by atoms with van der Waals surface area (Å²) >= 11 is 0. The van der Waals surface area contributed by atoms with E-state index in [2.05, 4.69) is 6.92 Å². The predicted molar refractivity (Wildman–Crippen MR) is 69.0 cm³/mol. The third kappa shape index (κ3) is 4.75. The van der Waals surface area contributed by atoms with Crippen molar-refractivity contribution < 1.29 is 23.8 Å². The number of nitrogen functional groups attached to an aromatic ring is 1. The van der Waals surface area contributed by atoms with Crippen molar-refractivity contribution in [3.8, 4) is 5.75 Å². The normalized spacial score (nSPS) is 10.4. The topological polar surface area (TPSA) is 81.8 Å². The fourth-order valence-electron chi connectivity index (χ4n) is 1.42. The number of aromatic carboxylic acids is 1. The molecule has 0 heterocycles. The third-order valence-corrected chi connectivity index (χ3v) is 2.46. The largest absolute Gasteiger partial charge is 0.489 e.